The second-order valence-corrected chi connectivity index (χ2v) is 5.07. The summed E-state index contributed by atoms with van der Waals surface area (Å²) in [5.41, 5.74) is 23.6. The van der Waals surface area contributed by atoms with Gasteiger partial charge in [-0.3, -0.25) is 0 Å². The fourth-order valence-corrected chi connectivity index (χ4v) is 1.72. The van der Waals surface area contributed by atoms with Crippen molar-refractivity contribution in [3.8, 4) is 11.5 Å². The average Bonchev–Trinajstić information content (AvgIpc) is 2.65. The minimum Gasteiger partial charge on any atom is -0.463 e. The molecule has 0 spiro atoms. The first-order valence-corrected chi connectivity index (χ1v) is 7.57. The molecule has 7 nitrogen and oxygen atoms in total. The molecule has 0 amide bonds. The summed E-state index contributed by atoms with van der Waals surface area (Å²) in [5, 5.41) is 0. The van der Waals surface area contributed by atoms with Crippen molar-refractivity contribution in [2.75, 3.05) is 0 Å². The van der Waals surface area contributed by atoms with E-state index in [1.165, 1.54) is 12.5 Å². The van der Waals surface area contributed by atoms with Gasteiger partial charge in [0.05, 0.1) is 11.4 Å². The summed E-state index contributed by atoms with van der Waals surface area (Å²) in [6, 6.07) is 18.2. The molecule has 0 aliphatic rings. The van der Waals surface area contributed by atoms with Crippen LogP contribution in [-0.2, 0) is 4.74 Å². The highest BCUT2D eigenvalue weighted by Gasteiger charge is 2.14. The van der Waals surface area contributed by atoms with E-state index in [1.54, 1.807) is 24.3 Å². The number of para-hydroxylation sites is 2. The normalized spacial score (nSPS) is 14.6. The van der Waals surface area contributed by atoms with Crippen LogP contribution in [0.4, 0.5) is 0 Å². The van der Waals surface area contributed by atoms with Gasteiger partial charge in [-0.25, -0.2) is 0 Å². The Labute approximate surface area is 146 Å². The molecule has 7 heteroatoms. The third-order valence-corrected chi connectivity index (χ3v) is 3.10. The molecule has 0 aliphatic carbocycles. The summed E-state index contributed by atoms with van der Waals surface area (Å²) in [6.45, 7) is 0. The SMILES string of the molecule is N/C(=C\Oc1ccccc1)C(N)OC(N)/C(N)=C/Oc1ccccc1. The maximum absolute atomic E-state index is 5.83. The van der Waals surface area contributed by atoms with Gasteiger partial charge in [0, 0.05) is 0 Å². The molecule has 132 valence electrons. The molecule has 8 N–H and O–H groups in total. The van der Waals surface area contributed by atoms with Gasteiger partial charge in [0.1, 0.15) is 24.0 Å². The van der Waals surface area contributed by atoms with E-state index in [-0.39, 0.29) is 11.4 Å². The second-order valence-electron chi connectivity index (χ2n) is 5.07. The van der Waals surface area contributed by atoms with Crippen molar-refractivity contribution < 1.29 is 14.2 Å². The second kappa shape index (κ2) is 9.33. The van der Waals surface area contributed by atoms with Crippen LogP contribution in [-0.4, -0.2) is 12.5 Å². The minimum atomic E-state index is -0.984. The van der Waals surface area contributed by atoms with Crippen LogP contribution in [0, 0.1) is 0 Å². The van der Waals surface area contributed by atoms with Crippen molar-refractivity contribution in [2.45, 2.75) is 12.5 Å². The Morgan fingerprint density at radius 2 is 1.04 bits per heavy atom. The van der Waals surface area contributed by atoms with Gasteiger partial charge in [0.25, 0.3) is 0 Å². The van der Waals surface area contributed by atoms with Crippen LogP contribution in [0.1, 0.15) is 0 Å². The van der Waals surface area contributed by atoms with Crippen molar-refractivity contribution in [3.05, 3.63) is 84.6 Å². The number of ether oxygens (including phenoxy) is 3. The Morgan fingerprint density at radius 1 is 0.680 bits per heavy atom. The van der Waals surface area contributed by atoms with Crippen LogP contribution < -0.4 is 32.4 Å². The van der Waals surface area contributed by atoms with E-state index < -0.39 is 12.5 Å². The Hall–Kier alpha value is -3.00. The molecule has 0 aromatic heterocycles. The molecule has 2 aromatic rings. The predicted molar refractivity (Wildman–Crippen MR) is 95.7 cm³/mol. The van der Waals surface area contributed by atoms with E-state index in [1.807, 2.05) is 36.4 Å². The molecule has 0 saturated heterocycles. The summed E-state index contributed by atoms with van der Waals surface area (Å²) in [4.78, 5) is 0. The van der Waals surface area contributed by atoms with Gasteiger partial charge in [-0.1, -0.05) is 36.4 Å². The molecule has 2 rings (SSSR count). The lowest BCUT2D eigenvalue weighted by Gasteiger charge is -2.19. The van der Waals surface area contributed by atoms with Crippen LogP contribution in [0.3, 0.4) is 0 Å². The molecule has 0 saturated carbocycles. The molecular weight excluding hydrogens is 320 g/mol. The van der Waals surface area contributed by atoms with E-state index in [9.17, 15) is 0 Å². The molecule has 2 aromatic carbocycles. The van der Waals surface area contributed by atoms with Gasteiger partial charge in [-0.05, 0) is 24.3 Å². The van der Waals surface area contributed by atoms with E-state index in [4.69, 9.17) is 37.1 Å². The molecule has 25 heavy (non-hydrogen) atoms. The van der Waals surface area contributed by atoms with Gasteiger partial charge < -0.3 is 37.1 Å². The molecule has 0 aliphatic heterocycles. The lowest BCUT2D eigenvalue weighted by molar-refractivity contribution is 0.0318. The van der Waals surface area contributed by atoms with Crippen LogP contribution in [0.5, 0.6) is 11.5 Å². The Balaban J connectivity index is 1.86. The topological polar surface area (TPSA) is 132 Å². The predicted octanol–water partition coefficient (Wildman–Crippen LogP) is 1.33. The summed E-state index contributed by atoms with van der Waals surface area (Å²) in [6.07, 6.45) is 0.630. The monoisotopic (exact) mass is 342 g/mol. The lowest BCUT2D eigenvalue weighted by atomic mass is 10.3. The van der Waals surface area contributed by atoms with Crippen LogP contribution in [0.2, 0.25) is 0 Å². The summed E-state index contributed by atoms with van der Waals surface area (Å²) >= 11 is 0. The fourth-order valence-electron chi connectivity index (χ4n) is 1.72. The Morgan fingerprint density at radius 3 is 1.40 bits per heavy atom. The molecule has 0 bridgehead atoms. The highest BCUT2D eigenvalue weighted by molar-refractivity contribution is 5.23. The quantitative estimate of drug-likeness (QED) is 0.420. The zero-order chi connectivity index (χ0) is 18.1. The van der Waals surface area contributed by atoms with Gasteiger partial charge in [-0.2, -0.15) is 0 Å². The third kappa shape index (κ3) is 6.19. The number of nitrogens with two attached hydrogens (primary N) is 4. The highest BCUT2D eigenvalue weighted by Crippen LogP contribution is 2.11. The molecule has 0 heterocycles. The standard InChI is InChI=1S/C18H22N4O3/c19-15(11-23-13-7-3-1-4-8-13)17(21)25-18(22)16(20)12-24-14-9-5-2-6-10-14/h1-12,17-18H,19-22H2/b15-11-,16-12-. The smallest absolute Gasteiger partial charge is 0.151 e. The Kier molecular flexibility index (Phi) is 6.85. The number of benzene rings is 2. The van der Waals surface area contributed by atoms with E-state index in [0.717, 1.165) is 0 Å². The van der Waals surface area contributed by atoms with E-state index >= 15 is 0 Å². The van der Waals surface area contributed by atoms with E-state index in [2.05, 4.69) is 0 Å². The van der Waals surface area contributed by atoms with Crippen LogP contribution in [0.25, 0.3) is 0 Å². The number of hydrogen-bond acceptors (Lipinski definition) is 7. The molecule has 2 atom stereocenters. The number of rotatable bonds is 8. The average molecular weight is 342 g/mol. The lowest BCUT2D eigenvalue weighted by Crippen LogP contribution is -2.41. The summed E-state index contributed by atoms with van der Waals surface area (Å²) in [7, 11) is 0. The molecule has 2 unspecified atom stereocenters. The van der Waals surface area contributed by atoms with Crippen LogP contribution >= 0.6 is 0 Å². The van der Waals surface area contributed by atoms with Crippen molar-refractivity contribution >= 4 is 0 Å². The van der Waals surface area contributed by atoms with Gasteiger partial charge >= 0.3 is 0 Å². The molecule has 0 fully saturated rings. The summed E-state index contributed by atoms with van der Waals surface area (Å²) in [5.74, 6) is 1.25. The van der Waals surface area contributed by atoms with Crippen molar-refractivity contribution in [3.63, 3.8) is 0 Å². The Bertz CT molecular complexity index is 643. The first-order chi connectivity index (χ1) is 12.1. The van der Waals surface area contributed by atoms with Gasteiger partial charge in [0.2, 0.25) is 0 Å². The van der Waals surface area contributed by atoms with Crippen molar-refractivity contribution in [1.82, 2.24) is 0 Å². The number of hydrogen-bond donors (Lipinski definition) is 4. The first-order valence-electron chi connectivity index (χ1n) is 7.57. The largest absolute Gasteiger partial charge is 0.463 e. The van der Waals surface area contributed by atoms with Gasteiger partial charge in [0.15, 0.2) is 12.5 Å². The van der Waals surface area contributed by atoms with Crippen molar-refractivity contribution in [1.29, 1.82) is 0 Å². The van der Waals surface area contributed by atoms with Crippen molar-refractivity contribution in [2.24, 2.45) is 22.9 Å². The zero-order valence-electron chi connectivity index (χ0n) is 13.6. The molecular formula is C18H22N4O3. The molecule has 0 radical (unpaired) electrons. The third-order valence-electron chi connectivity index (χ3n) is 3.10. The maximum Gasteiger partial charge on any atom is 0.151 e. The van der Waals surface area contributed by atoms with Crippen LogP contribution in [0.15, 0.2) is 84.6 Å². The minimum absolute atomic E-state index is 0.163. The first kappa shape index (κ1) is 18.3. The maximum atomic E-state index is 5.83. The fraction of sp³-hybridized carbons (Fsp3) is 0.111. The highest BCUT2D eigenvalue weighted by atomic mass is 16.5. The zero-order valence-corrected chi connectivity index (χ0v) is 13.6. The summed E-state index contributed by atoms with van der Waals surface area (Å²) < 4.78 is 16.1. The van der Waals surface area contributed by atoms with E-state index in [0.29, 0.717) is 11.5 Å². The van der Waals surface area contributed by atoms with Gasteiger partial charge in [-0.15, -0.1) is 0 Å².